The number of nitrogens with one attached hydrogen (secondary N) is 2. The highest BCUT2D eigenvalue weighted by molar-refractivity contribution is 6.37. The molecule has 0 fully saturated rings. The van der Waals surface area contributed by atoms with Gasteiger partial charge in [-0.2, -0.15) is 9.78 Å². The van der Waals surface area contributed by atoms with Gasteiger partial charge in [0, 0.05) is 23.8 Å². The number of rotatable bonds is 7. The Bertz CT molecular complexity index is 1520. The number of hydrogen-bond donors (Lipinski definition) is 2. The molecule has 0 aliphatic carbocycles. The largest absolute Gasteiger partial charge is 0.485 e. The van der Waals surface area contributed by atoms with Gasteiger partial charge in [-0.15, -0.1) is 0 Å². The molecule has 0 aliphatic rings. The van der Waals surface area contributed by atoms with Crippen LogP contribution in [0.1, 0.15) is 24.5 Å². The smallest absolute Gasteiger partial charge is 0.319 e. The zero-order chi connectivity index (χ0) is 25.1. The van der Waals surface area contributed by atoms with E-state index >= 15 is 0 Å². The standard InChI is InChI=1S/C23H18Cl2N8O3/c1-13(21-28-12-29-33(21)22-26-7-4-8-27-22)30-23(34)31-17-10-20(16(25)9-15(17)24)35-11-18-14-5-2-3-6-19(14)36-32-18/h2-10,12-13H,11H2,1H3,(H2,30,31,34). The minimum atomic E-state index is -0.529. The first-order chi connectivity index (χ1) is 17.5. The third-order valence-corrected chi connectivity index (χ3v) is 5.74. The third-order valence-electron chi connectivity index (χ3n) is 5.14. The molecule has 0 saturated heterocycles. The Kier molecular flexibility index (Phi) is 6.65. The van der Waals surface area contributed by atoms with E-state index < -0.39 is 12.1 Å². The molecule has 0 bridgehead atoms. The predicted molar refractivity (Wildman–Crippen MR) is 132 cm³/mol. The van der Waals surface area contributed by atoms with Crippen LogP contribution in [0.2, 0.25) is 10.0 Å². The maximum absolute atomic E-state index is 12.7. The number of ether oxygens (including phenoxy) is 1. The molecule has 11 nitrogen and oxygen atoms in total. The van der Waals surface area contributed by atoms with E-state index in [-0.39, 0.29) is 16.7 Å². The summed E-state index contributed by atoms with van der Waals surface area (Å²) in [4.78, 5) is 25.3. The monoisotopic (exact) mass is 524 g/mol. The van der Waals surface area contributed by atoms with E-state index in [1.807, 2.05) is 24.3 Å². The number of fused-ring (bicyclic) bond motifs is 1. The Morgan fingerprint density at radius 3 is 2.75 bits per heavy atom. The van der Waals surface area contributed by atoms with E-state index in [0.29, 0.717) is 34.5 Å². The summed E-state index contributed by atoms with van der Waals surface area (Å²) in [6, 6.07) is 11.1. The predicted octanol–water partition coefficient (Wildman–Crippen LogP) is 4.97. The van der Waals surface area contributed by atoms with Crippen molar-refractivity contribution >= 4 is 45.9 Å². The number of halogens is 2. The minimum absolute atomic E-state index is 0.109. The zero-order valence-electron chi connectivity index (χ0n) is 18.7. The van der Waals surface area contributed by atoms with Gasteiger partial charge in [0.25, 0.3) is 5.95 Å². The Labute approximate surface area is 214 Å². The first-order valence-corrected chi connectivity index (χ1v) is 11.4. The average molecular weight is 525 g/mol. The number of benzene rings is 2. The number of nitrogens with zero attached hydrogens (tertiary/aromatic N) is 6. The molecule has 0 spiro atoms. The van der Waals surface area contributed by atoms with Crippen LogP contribution in [0.5, 0.6) is 5.75 Å². The van der Waals surface area contributed by atoms with E-state index in [4.69, 9.17) is 32.5 Å². The maximum atomic E-state index is 12.7. The van der Waals surface area contributed by atoms with Crippen LogP contribution >= 0.6 is 23.2 Å². The second-order valence-corrected chi connectivity index (χ2v) is 8.39. The Balaban J connectivity index is 1.27. The van der Waals surface area contributed by atoms with Crippen molar-refractivity contribution in [2.45, 2.75) is 19.6 Å². The van der Waals surface area contributed by atoms with Crippen molar-refractivity contribution in [2.24, 2.45) is 0 Å². The fourth-order valence-corrected chi connectivity index (χ4v) is 3.93. The fourth-order valence-electron chi connectivity index (χ4n) is 3.44. The van der Waals surface area contributed by atoms with Crippen molar-refractivity contribution < 1.29 is 14.1 Å². The lowest BCUT2D eigenvalue weighted by atomic mass is 10.2. The lowest BCUT2D eigenvalue weighted by molar-refractivity contribution is 0.248. The molecule has 1 atom stereocenters. The molecule has 5 aromatic rings. The summed E-state index contributed by atoms with van der Waals surface area (Å²) in [5, 5.41) is 15.0. The van der Waals surface area contributed by atoms with Gasteiger partial charge in [0.05, 0.1) is 21.8 Å². The van der Waals surface area contributed by atoms with Gasteiger partial charge >= 0.3 is 6.03 Å². The average Bonchev–Trinajstić information content (AvgIpc) is 3.53. The molecule has 3 heterocycles. The molecule has 3 aromatic heterocycles. The van der Waals surface area contributed by atoms with Gasteiger partial charge in [-0.3, -0.25) is 0 Å². The summed E-state index contributed by atoms with van der Waals surface area (Å²) in [7, 11) is 0. The molecule has 36 heavy (non-hydrogen) atoms. The SMILES string of the molecule is CC(NC(=O)Nc1cc(OCc2noc3ccccc23)c(Cl)cc1Cl)c1ncnn1-c1ncccn1. The molecular formula is C23H18Cl2N8O3. The fraction of sp³-hybridized carbons (Fsp3) is 0.130. The van der Waals surface area contributed by atoms with E-state index in [0.717, 1.165) is 5.39 Å². The molecule has 0 radical (unpaired) electrons. The van der Waals surface area contributed by atoms with Crippen LogP contribution in [-0.4, -0.2) is 35.9 Å². The number of amides is 2. The summed E-state index contributed by atoms with van der Waals surface area (Å²) < 4.78 is 12.6. The van der Waals surface area contributed by atoms with Crippen molar-refractivity contribution in [3.8, 4) is 11.7 Å². The first-order valence-electron chi connectivity index (χ1n) is 10.7. The topological polar surface area (TPSA) is 133 Å². The molecule has 2 aromatic carbocycles. The molecular weight excluding hydrogens is 507 g/mol. The van der Waals surface area contributed by atoms with Crippen LogP contribution in [0.25, 0.3) is 16.9 Å². The summed E-state index contributed by atoms with van der Waals surface area (Å²) in [5.41, 5.74) is 1.57. The molecule has 182 valence electrons. The van der Waals surface area contributed by atoms with Crippen molar-refractivity contribution in [3.63, 3.8) is 0 Å². The highest BCUT2D eigenvalue weighted by atomic mass is 35.5. The van der Waals surface area contributed by atoms with Crippen molar-refractivity contribution in [1.82, 2.24) is 35.2 Å². The molecule has 2 N–H and O–H groups in total. The Morgan fingerprint density at radius 1 is 1.11 bits per heavy atom. The first kappa shape index (κ1) is 23.5. The number of hydrogen-bond acceptors (Lipinski definition) is 8. The molecule has 13 heteroatoms. The van der Waals surface area contributed by atoms with Gasteiger partial charge in [-0.1, -0.05) is 40.5 Å². The number of carbonyl (C=O) groups excluding carboxylic acids is 1. The zero-order valence-corrected chi connectivity index (χ0v) is 20.2. The number of aromatic nitrogens is 6. The van der Waals surface area contributed by atoms with Crippen LogP contribution < -0.4 is 15.4 Å². The third kappa shape index (κ3) is 4.92. The minimum Gasteiger partial charge on any atom is -0.485 e. The maximum Gasteiger partial charge on any atom is 0.319 e. The van der Waals surface area contributed by atoms with Crippen LogP contribution in [0.3, 0.4) is 0 Å². The Hall–Kier alpha value is -4.22. The number of carbonyl (C=O) groups is 1. The molecule has 1 unspecified atom stereocenters. The van der Waals surface area contributed by atoms with Crippen LogP contribution in [0.4, 0.5) is 10.5 Å². The Morgan fingerprint density at radius 2 is 1.92 bits per heavy atom. The lowest BCUT2D eigenvalue weighted by Gasteiger charge is -2.16. The molecule has 5 rings (SSSR count). The van der Waals surface area contributed by atoms with Crippen molar-refractivity contribution in [1.29, 1.82) is 0 Å². The normalized spacial score (nSPS) is 11.9. The van der Waals surface area contributed by atoms with Gasteiger partial charge in [0.15, 0.2) is 11.4 Å². The van der Waals surface area contributed by atoms with Gasteiger partial charge in [0.1, 0.15) is 24.4 Å². The lowest BCUT2D eigenvalue weighted by Crippen LogP contribution is -2.32. The number of para-hydroxylation sites is 1. The van der Waals surface area contributed by atoms with Gasteiger partial charge in [0.2, 0.25) is 0 Å². The molecule has 2 amide bonds. The summed E-state index contributed by atoms with van der Waals surface area (Å²) >= 11 is 12.6. The highest BCUT2D eigenvalue weighted by Gasteiger charge is 2.19. The van der Waals surface area contributed by atoms with E-state index in [1.165, 1.54) is 23.1 Å². The molecule has 0 saturated carbocycles. The van der Waals surface area contributed by atoms with Crippen LogP contribution in [-0.2, 0) is 6.61 Å². The summed E-state index contributed by atoms with van der Waals surface area (Å²) in [6.45, 7) is 1.86. The van der Waals surface area contributed by atoms with Crippen LogP contribution in [0.15, 0.2) is 65.7 Å². The van der Waals surface area contributed by atoms with E-state index in [1.54, 1.807) is 25.4 Å². The second-order valence-electron chi connectivity index (χ2n) is 7.58. The second kappa shape index (κ2) is 10.2. The molecule has 0 aliphatic heterocycles. The van der Waals surface area contributed by atoms with Crippen molar-refractivity contribution in [3.05, 3.63) is 82.7 Å². The highest BCUT2D eigenvalue weighted by Crippen LogP contribution is 2.35. The van der Waals surface area contributed by atoms with E-state index in [9.17, 15) is 4.79 Å². The quantitative estimate of drug-likeness (QED) is 0.305. The van der Waals surface area contributed by atoms with Gasteiger partial charge in [-0.05, 0) is 31.2 Å². The van der Waals surface area contributed by atoms with Gasteiger partial charge in [-0.25, -0.2) is 19.7 Å². The van der Waals surface area contributed by atoms with Crippen molar-refractivity contribution in [2.75, 3.05) is 5.32 Å². The summed E-state index contributed by atoms with van der Waals surface area (Å²) in [5.74, 6) is 1.10. The number of anilines is 1. The summed E-state index contributed by atoms with van der Waals surface area (Å²) in [6.07, 6.45) is 4.54. The van der Waals surface area contributed by atoms with E-state index in [2.05, 4.69) is 35.8 Å². The van der Waals surface area contributed by atoms with Crippen LogP contribution in [0, 0.1) is 0 Å². The van der Waals surface area contributed by atoms with Gasteiger partial charge < -0.3 is 19.9 Å². The number of urea groups is 1.